The van der Waals surface area contributed by atoms with E-state index in [1.807, 2.05) is 13.0 Å². The first-order valence-corrected chi connectivity index (χ1v) is 6.32. The van der Waals surface area contributed by atoms with Gasteiger partial charge in [0.2, 0.25) is 0 Å². The van der Waals surface area contributed by atoms with Gasteiger partial charge in [-0.25, -0.2) is 9.37 Å². The molecule has 1 N–H and O–H groups in total. The average Bonchev–Trinajstić information content (AvgIpc) is 2.75. The number of phenols is 1. The van der Waals surface area contributed by atoms with E-state index in [9.17, 15) is 9.50 Å². The molecule has 1 aromatic heterocycles. The van der Waals surface area contributed by atoms with Crippen LogP contribution in [-0.4, -0.2) is 10.1 Å². The van der Waals surface area contributed by atoms with Gasteiger partial charge in [-0.3, -0.25) is 0 Å². The Kier molecular flexibility index (Phi) is 2.52. The summed E-state index contributed by atoms with van der Waals surface area (Å²) in [6, 6.07) is 9.91. The van der Waals surface area contributed by atoms with Crippen molar-refractivity contribution in [1.29, 1.82) is 0 Å². The number of thiazole rings is 1. The van der Waals surface area contributed by atoms with E-state index in [-0.39, 0.29) is 11.6 Å². The molecule has 0 radical (unpaired) electrons. The molecule has 0 unspecified atom stereocenters. The number of hydrogen-bond donors (Lipinski definition) is 1. The van der Waals surface area contributed by atoms with E-state index in [0.717, 1.165) is 20.8 Å². The fourth-order valence-electron chi connectivity index (χ4n) is 1.87. The van der Waals surface area contributed by atoms with Gasteiger partial charge in [-0.1, -0.05) is 12.1 Å². The van der Waals surface area contributed by atoms with Crippen molar-refractivity contribution in [2.45, 2.75) is 6.92 Å². The molecule has 0 bridgehead atoms. The van der Waals surface area contributed by atoms with Crippen LogP contribution < -0.4 is 0 Å². The van der Waals surface area contributed by atoms with Crippen LogP contribution in [0.2, 0.25) is 0 Å². The highest BCUT2D eigenvalue weighted by Gasteiger charge is 2.10. The van der Waals surface area contributed by atoms with Crippen LogP contribution in [0.5, 0.6) is 5.75 Å². The maximum Gasteiger partial charge on any atom is 0.125 e. The van der Waals surface area contributed by atoms with E-state index < -0.39 is 0 Å². The van der Waals surface area contributed by atoms with Gasteiger partial charge in [0.25, 0.3) is 0 Å². The standard InChI is InChI=1S/C14H10FNOS/c1-8-10(3-2-4-12(8)17)14-16-11-7-9(15)5-6-13(11)18-14/h2-7,17H,1H3. The Morgan fingerprint density at radius 1 is 1.22 bits per heavy atom. The quantitative estimate of drug-likeness (QED) is 0.713. The van der Waals surface area contributed by atoms with Gasteiger partial charge in [0, 0.05) is 17.2 Å². The number of phenolic OH excluding ortho intramolecular Hbond substituents is 1. The van der Waals surface area contributed by atoms with Gasteiger partial charge in [0.05, 0.1) is 10.2 Å². The Morgan fingerprint density at radius 2 is 2.06 bits per heavy atom. The molecule has 0 amide bonds. The van der Waals surface area contributed by atoms with Crippen LogP contribution in [0.3, 0.4) is 0 Å². The van der Waals surface area contributed by atoms with Crippen LogP contribution in [0.15, 0.2) is 36.4 Å². The molecule has 0 aliphatic carbocycles. The molecule has 0 saturated heterocycles. The second-order valence-electron chi connectivity index (χ2n) is 4.08. The maximum absolute atomic E-state index is 13.1. The summed E-state index contributed by atoms with van der Waals surface area (Å²) in [5.41, 5.74) is 2.33. The summed E-state index contributed by atoms with van der Waals surface area (Å²) in [5, 5.41) is 10.5. The highest BCUT2D eigenvalue weighted by molar-refractivity contribution is 7.21. The second-order valence-corrected chi connectivity index (χ2v) is 5.11. The summed E-state index contributed by atoms with van der Waals surface area (Å²) in [6.07, 6.45) is 0. The molecule has 4 heteroatoms. The van der Waals surface area contributed by atoms with E-state index in [4.69, 9.17) is 0 Å². The lowest BCUT2D eigenvalue weighted by atomic mass is 10.1. The lowest BCUT2D eigenvalue weighted by molar-refractivity contribution is 0.471. The summed E-state index contributed by atoms with van der Waals surface area (Å²) in [6.45, 7) is 1.84. The normalized spacial score (nSPS) is 11.0. The molecule has 1 heterocycles. The zero-order valence-electron chi connectivity index (χ0n) is 9.64. The van der Waals surface area contributed by atoms with Crippen LogP contribution in [0.25, 0.3) is 20.8 Å². The fourth-order valence-corrected chi connectivity index (χ4v) is 2.90. The Hall–Kier alpha value is -1.94. The van der Waals surface area contributed by atoms with Crippen LogP contribution >= 0.6 is 11.3 Å². The largest absolute Gasteiger partial charge is 0.508 e. The van der Waals surface area contributed by atoms with Gasteiger partial charge in [0.1, 0.15) is 16.6 Å². The second kappa shape index (κ2) is 4.07. The van der Waals surface area contributed by atoms with E-state index >= 15 is 0 Å². The minimum absolute atomic E-state index is 0.248. The molecule has 90 valence electrons. The van der Waals surface area contributed by atoms with E-state index in [1.54, 1.807) is 18.2 Å². The Labute approximate surface area is 107 Å². The Bertz CT molecular complexity index is 736. The molecular weight excluding hydrogens is 249 g/mol. The third-order valence-corrected chi connectivity index (χ3v) is 3.95. The van der Waals surface area contributed by atoms with Crippen molar-refractivity contribution >= 4 is 21.6 Å². The SMILES string of the molecule is Cc1c(O)cccc1-c1nc2cc(F)ccc2s1. The van der Waals surface area contributed by atoms with Gasteiger partial charge < -0.3 is 5.11 Å². The highest BCUT2D eigenvalue weighted by atomic mass is 32.1. The van der Waals surface area contributed by atoms with Crippen LogP contribution in [0.1, 0.15) is 5.56 Å². The highest BCUT2D eigenvalue weighted by Crippen LogP contribution is 2.34. The molecule has 0 aliphatic heterocycles. The van der Waals surface area contributed by atoms with E-state index in [1.165, 1.54) is 23.5 Å². The van der Waals surface area contributed by atoms with Crippen molar-refractivity contribution in [3.05, 3.63) is 47.8 Å². The van der Waals surface area contributed by atoms with Gasteiger partial charge in [-0.15, -0.1) is 11.3 Å². The molecule has 18 heavy (non-hydrogen) atoms. The first kappa shape index (κ1) is 11.2. The molecule has 0 atom stereocenters. The number of halogens is 1. The molecule has 2 nitrogen and oxygen atoms in total. The van der Waals surface area contributed by atoms with Crippen molar-refractivity contribution in [3.63, 3.8) is 0 Å². The number of nitrogens with zero attached hydrogens (tertiary/aromatic N) is 1. The van der Waals surface area contributed by atoms with Gasteiger partial charge in [-0.05, 0) is 25.1 Å². The van der Waals surface area contributed by atoms with Crippen molar-refractivity contribution in [2.24, 2.45) is 0 Å². The summed E-state index contributed by atoms with van der Waals surface area (Å²) >= 11 is 1.49. The minimum Gasteiger partial charge on any atom is -0.508 e. The number of fused-ring (bicyclic) bond motifs is 1. The summed E-state index contributed by atoms with van der Waals surface area (Å²) in [5.74, 6) is -0.0371. The third-order valence-electron chi connectivity index (χ3n) is 2.89. The molecular formula is C14H10FNOS. The zero-order chi connectivity index (χ0) is 12.7. The third kappa shape index (κ3) is 1.75. The molecule has 3 rings (SSSR count). The number of aromatic hydroxyl groups is 1. The summed E-state index contributed by atoms with van der Waals surface area (Å²) < 4.78 is 14.1. The van der Waals surface area contributed by atoms with E-state index in [0.29, 0.717) is 5.52 Å². The zero-order valence-corrected chi connectivity index (χ0v) is 10.5. The van der Waals surface area contributed by atoms with Crippen molar-refractivity contribution in [2.75, 3.05) is 0 Å². The van der Waals surface area contributed by atoms with Crippen LogP contribution in [0.4, 0.5) is 4.39 Å². The predicted molar refractivity (Wildman–Crippen MR) is 71.4 cm³/mol. The van der Waals surface area contributed by atoms with Crippen molar-refractivity contribution < 1.29 is 9.50 Å². The number of hydrogen-bond acceptors (Lipinski definition) is 3. The average molecular weight is 259 g/mol. The molecule has 2 aromatic carbocycles. The maximum atomic E-state index is 13.1. The molecule has 3 aromatic rings. The Balaban J connectivity index is 2.22. The first-order chi connectivity index (χ1) is 8.65. The van der Waals surface area contributed by atoms with Crippen LogP contribution in [0, 0.1) is 12.7 Å². The van der Waals surface area contributed by atoms with Gasteiger partial charge in [0.15, 0.2) is 0 Å². The van der Waals surface area contributed by atoms with Crippen molar-refractivity contribution in [3.8, 4) is 16.3 Å². The molecule has 0 aliphatic rings. The van der Waals surface area contributed by atoms with E-state index in [2.05, 4.69) is 4.98 Å². The summed E-state index contributed by atoms with van der Waals surface area (Å²) in [4.78, 5) is 4.41. The lowest BCUT2D eigenvalue weighted by Crippen LogP contribution is -1.82. The number of benzene rings is 2. The smallest absolute Gasteiger partial charge is 0.125 e. The fraction of sp³-hybridized carbons (Fsp3) is 0.0714. The summed E-state index contributed by atoms with van der Waals surface area (Å²) in [7, 11) is 0. The number of aromatic nitrogens is 1. The van der Waals surface area contributed by atoms with Gasteiger partial charge >= 0.3 is 0 Å². The lowest BCUT2D eigenvalue weighted by Gasteiger charge is -2.03. The first-order valence-electron chi connectivity index (χ1n) is 5.50. The molecule has 0 fully saturated rings. The Morgan fingerprint density at radius 3 is 2.89 bits per heavy atom. The topological polar surface area (TPSA) is 33.1 Å². The van der Waals surface area contributed by atoms with Crippen LogP contribution in [-0.2, 0) is 0 Å². The molecule has 0 spiro atoms. The minimum atomic E-state index is -0.285. The number of rotatable bonds is 1. The van der Waals surface area contributed by atoms with Gasteiger partial charge in [-0.2, -0.15) is 0 Å². The predicted octanol–water partition coefficient (Wildman–Crippen LogP) is 4.12. The van der Waals surface area contributed by atoms with Crippen molar-refractivity contribution in [1.82, 2.24) is 4.98 Å². The molecule has 0 saturated carbocycles. The monoisotopic (exact) mass is 259 g/mol.